The lowest BCUT2D eigenvalue weighted by atomic mass is 10.2. The van der Waals surface area contributed by atoms with Gasteiger partial charge in [-0.25, -0.2) is 9.97 Å². The average Bonchev–Trinajstić information content (AvgIpc) is 3.34. The molecule has 1 saturated carbocycles. The predicted octanol–water partition coefficient (Wildman–Crippen LogP) is 3.45. The molecule has 2 N–H and O–H groups in total. The van der Waals surface area contributed by atoms with Crippen LogP contribution in [0.5, 0.6) is 0 Å². The molecular formula is C20H22ClN7O2. The van der Waals surface area contributed by atoms with Gasteiger partial charge in [0.1, 0.15) is 5.52 Å². The Kier molecular flexibility index (Phi) is 4.92. The van der Waals surface area contributed by atoms with E-state index in [4.69, 9.17) is 19.1 Å². The van der Waals surface area contributed by atoms with Gasteiger partial charge in [0, 0.05) is 31.0 Å². The first-order valence-electron chi connectivity index (χ1n) is 10.0. The third-order valence-electron chi connectivity index (χ3n) is 5.46. The summed E-state index contributed by atoms with van der Waals surface area (Å²) in [6.07, 6.45) is 5.39. The topological polar surface area (TPSA) is 105 Å². The van der Waals surface area contributed by atoms with E-state index in [9.17, 15) is 0 Å². The summed E-state index contributed by atoms with van der Waals surface area (Å²) in [6, 6.07) is 5.89. The zero-order valence-electron chi connectivity index (χ0n) is 16.3. The third kappa shape index (κ3) is 3.54. The largest absolute Gasteiger partial charge is 0.432 e. The molecule has 4 aromatic rings. The molecule has 2 aliphatic rings. The number of nitrogens with one attached hydrogen (secondary N) is 2. The number of rotatable bonds is 5. The van der Waals surface area contributed by atoms with Crippen LogP contribution in [0.4, 0.5) is 17.6 Å². The van der Waals surface area contributed by atoms with Gasteiger partial charge in [-0.2, -0.15) is 10.1 Å². The van der Waals surface area contributed by atoms with Gasteiger partial charge in [-0.05, 0) is 37.3 Å². The van der Waals surface area contributed by atoms with E-state index in [2.05, 4.69) is 25.4 Å². The van der Waals surface area contributed by atoms with Crippen molar-refractivity contribution in [3.63, 3.8) is 0 Å². The first-order valence-corrected chi connectivity index (χ1v) is 10.0. The van der Waals surface area contributed by atoms with Crippen LogP contribution in [0.15, 0.2) is 28.8 Å². The van der Waals surface area contributed by atoms with Gasteiger partial charge in [0.15, 0.2) is 17.2 Å². The number of furan rings is 1. The molecule has 5 heterocycles. The fourth-order valence-electron chi connectivity index (χ4n) is 3.79. The lowest BCUT2D eigenvalue weighted by Gasteiger charge is -2.27. The number of morpholine rings is 1. The lowest BCUT2D eigenvalue weighted by Crippen LogP contribution is -2.37. The van der Waals surface area contributed by atoms with Crippen molar-refractivity contribution in [1.29, 1.82) is 0 Å². The second-order valence-electron chi connectivity index (χ2n) is 7.66. The number of pyridine rings is 1. The first kappa shape index (κ1) is 19.1. The van der Waals surface area contributed by atoms with Gasteiger partial charge in [0.25, 0.3) is 0 Å². The molecule has 0 unspecified atom stereocenters. The van der Waals surface area contributed by atoms with E-state index < -0.39 is 0 Å². The van der Waals surface area contributed by atoms with Gasteiger partial charge in [-0.3, -0.25) is 5.10 Å². The summed E-state index contributed by atoms with van der Waals surface area (Å²) < 4.78 is 11.5. The van der Waals surface area contributed by atoms with Crippen LogP contribution in [0.2, 0.25) is 0 Å². The summed E-state index contributed by atoms with van der Waals surface area (Å²) in [4.78, 5) is 16.0. The fourth-order valence-corrected chi connectivity index (χ4v) is 3.79. The van der Waals surface area contributed by atoms with E-state index in [0.717, 1.165) is 53.7 Å². The van der Waals surface area contributed by atoms with E-state index in [-0.39, 0.29) is 12.4 Å². The molecule has 0 atom stereocenters. The molecule has 1 saturated heterocycles. The van der Waals surface area contributed by atoms with E-state index in [1.54, 1.807) is 6.20 Å². The average molecular weight is 428 g/mol. The van der Waals surface area contributed by atoms with Gasteiger partial charge < -0.3 is 19.4 Å². The maximum Gasteiger partial charge on any atom is 0.231 e. The molecular weight excluding hydrogens is 406 g/mol. The standard InChI is InChI=1S/C20H21N7O2.ClH/c1-2-14-16-17(29-19(14)21-5-1)18(27-6-8-28-9-7-27)24-20(23-16)22-15-11-13(25-26-15)10-12-3-4-12;/h1-2,5,11-12H,3-4,6-10H2,(H2,22,23,24,25,26);1H. The molecule has 30 heavy (non-hydrogen) atoms. The van der Waals surface area contributed by atoms with Crippen molar-refractivity contribution in [3.05, 3.63) is 30.1 Å². The molecule has 2 fully saturated rings. The van der Waals surface area contributed by atoms with Crippen molar-refractivity contribution < 1.29 is 9.15 Å². The normalized spacial score (nSPS) is 16.7. The SMILES string of the molecule is Cl.c1cnc2oc3c(N4CCOCC4)nc(Nc4cc(CC5CC5)[nH]n4)nc3c2c1. The predicted molar refractivity (Wildman–Crippen MR) is 116 cm³/mol. The summed E-state index contributed by atoms with van der Waals surface area (Å²) >= 11 is 0. The summed E-state index contributed by atoms with van der Waals surface area (Å²) in [5, 5.41) is 11.6. The van der Waals surface area contributed by atoms with Crippen LogP contribution >= 0.6 is 12.4 Å². The van der Waals surface area contributed by atoms with Crippen molar-refractivity contribution in [2.24, 2.45) is 5.92 Å². The van der Waals surface area contributed by atoms with Crippen LogP contribution in [-0.4, -0.2) is 51.5 Å². The van der Waals surface area contributed by atoms with E-state index in [1.165, 1.54) is 12.8 Å². The Bertz CT molecular complexity index is 1180. The molecule has 1 aliphatic carbocycles. The van der Waals surface area contributed by atoms with Crippen LogP contribution < -0.4 is 10.2 Å². The summed E-state index contributed by atoms with van der Waals surface area (Å²) in [5.41, 5.74) is 3.11. The molecule has 6 rings (SSSR count). The molecule has 0 spiro atoms. The molecule has 0 bridgehead atoms. The van der Waals surface area contributed by atoms with Crippen molar-refractivity contribution >= 4 is 52.2 Å². The highest BCUT2D eigenvalue weighted by molar-refractivity contribution is 6.05. The minimum atomic E-state index is 0. The second kappa shape index (κ2) is 7.73. The summed E-state index contributed by atoms with van der Waals surface area (Å²) in [6.45, 7) is 2.83. The molecule has 10 heteroatoms. The van der Waals surface area contributed by atoms with Gasteiger partial charge in [0.05, 0.1) is 18.6 Å². The van der Waals surface area contributed by atoms with Gasteiger partial charge in [0.2, 0.25) is 11.7 Å². The van der Waals surface area contributed by atoms with Gasteiger partial charge in [-0.1, -0.05) is 0 Å². The smallest absolute Gasteiger partial charge is 0.231 e. The zero-order chi connectivity index (χ0) is 19.2. The van der Waals surface area contributed by atoms with Crippen molar-refractivity contribution in [1.82, 2.24) is 25.1 Å². The second-order valence-corrected chi connectivity index (χ2v) is 7.66. The molecule has 0 radical (unpaired) electrons. The van der Waals surface area contributed by atoms with Crippen LogP contribution in [0.1, 0.15) is 18.5 Å². The Hall–Kier alpha value is -2.91. The molecule has 0 aromatic carbocycles. The number of hydrogen-bond acceptors (Lipinski definition) is 8. The Morgan fingerprint density at radius 3 is 2.90 bits per heavy atom. The van der Waals surface area contributed by atoms with Crippen LogP contribution in [-0.2, 0) is 11.2 Å². The van der Waals surface area contributed by atoms with Crippen molar-refractivity contribution in [2.75, 3.05) is 36.5 Å². The van der Waals surface area contributed by atoms with Crippen molar-refractivity contribution in [3.8, 4) is 0 Å². The number of nitrogens with zero attached hydrogens (tertiary/aromatic N) is 5. The third-order valence-corrected chi connectivity index (χ3v) is 5.46. The molecule has 156 valence electrons. The highest BCUT2D eigenvalue weighted by Gasteiger charge is 2.24. The number of aromatic amines is 1. The Labute approximate surface area is 178 Å². The quantitative estimate of drug-likeness (QED) is 0.499. The maximum absolute atomic E-state index is 6.03. The monoisotopic (exact) mass is 427 g/mol. The Morgan fingerprint density at radius 1 is 1.20 bits per heavy atom. The van der Waals surface area contributed by atoms with Gasteiger partial charge in [-0.15, -0.1) is 12.4 Å². The van der Waals surface area contributed by atoms with E-state index >= 15 is 0 Å². The lowest BCUT2D eigenvalue weighted by molar-refractivity contribution is 0.122. The van der Waals surface area contributed by atoms with Crippen LogP contribution in [0.3, 0.4) is 0 Å². The zero-order valence-corrected chi connectivity index (χ0v) is 17.1. The number of H-pyrrole nitrogens is 1. The molecule has 1 aliphatic heterocycles. The fraction of sp³-hybridized carbons (Fsp3) is 0.400. The highest BCUT2D eigenvalue weighted by atomic mass is 35.5. The maximum atomic E-state index is 6.03. The number of halogens is 1. The molecule has 9 nitrogen and oxygen atoms in total. The number of hydrogen-bond donors (Lipinski definition) is 2. The Balaban J connectivity index is 0.00000193. The van der Waals surface area contributed by atoms with E-state index in [0.29, 0.717) is 30.5 Å². The summed E-state index contributed by atoms with van der Waals surface area (Å²) in [5.74, 6) is 2.77. The summed E-state index contributed by atoms with van der Waals surface area (Å²) in [7, 11) is 0. The van der Waals surface area contributed by atoms with Gasteiger partial charge >= 0.3 is 0 Å². The minimum absolute atomic E-state index is 0. The number of aromatic nitrogens is 5. The number of anilines is 3. The van der Waals surface area contributed by atoms with Crippen LogP contribution in [0.25, 0.3) is 22.2 Å². The molecule has 0 amide bonds. The number of ether oxygens (including phenoxy) is 1. The van der Waals surface area contributed by atoms with Crippen LogP contribution in [0, 0.1) is 5.92 Å². The molecule has 4 aromatic heterocycles. The highest BCUT2D eigenvalue weighted by Crippen LogP contribution is 2.34. The first-order chi connectivity index (χ1) is 14.3. The van der Waals surface area contributed by atoms with E-state index in [1.807, 2.05) is 18.2 Å². The minimum Gasteiger partial charge on any atom is -0.432 e. The number of fused-ring (bicyclic) bond motifs is 3. The van der Waals surface area contributed by atoms with Crippen molar-refractivity contribution in [2.45, 2.75) is 19.3 Å². The Morgan fingerprint density at radius 2 is 2.07 bits per heavy atom.